The summed E-state index contributed by atoms with van der Waals surface area (Å²) >= 11 is 5.64. The Morgan fingerprint density at radius 2 is 2.14 bits per heavy atom. The van der Waals surface area contributed by atoms with Crippen LogP contribution in [0, 0.1) is 11.3 Å². The maximum absolute atomic E-state index is 11.2. The lowest BCUT2D eigenvalue weighted by atomic mass is 10.2. The van der Waals surface area contributed by atoms with Gasteiger partial charge in [0.2, 0.25) is 0 Å². The normalized spacial score (nSPS) is 10.9. The van der Waals surface area contributed by atoms with E-state index < -0.39 is 10.0 Å². The highest BCUT2D eigenvalue weighted by molar-refractivity contribution is 7.89. The number of nitrogens with one attached hydrogen (secondary N) is 1. The third-order valence-corrected chi connectivity index (χ3v) is 3.02. The van der Waals surface area contributed by atoms with Crippen molar-refractivity contribution in [2.75, 3.05) is 0 Å². The van der Waals surface area contributed by atoms with E-state index >= 15 is 0 Å². The molecule has 0 atom stereocenters. The molecule has 1 aromatic carbocycles. The molecule has 1 rings (SSSR count). The molecular weight excluding hydrogens is 226 g/mol. The van der Waals surface area contributed by atoms with Crippen LogP contribution in [-0.2, 0) is 10.0 Å². The molecule has 0 aliphatic rings. The first-order valence-corrected chi connectivity index (χ1v) is 5.29. The molecule has 0 spiro atoms. The molecule has 0 bridgehead atoms. The molecule has 0 heterocycles. The van der Waals surface area contributed by atoms with Gasteiger partial charge in [-0.1, -0.05) is 11.6 Å². The summed E-state index contributed by atoms with van der Waals surface area (Å²) in [6.07, 6.45) is 0. The van der Waals surface area contributed by atoms with Gasteiger partial charge in [-0.05, 0) is 18.2 Å². The zero-order valence-corrected chi connectivity index (χ0v) is 8.43. The highest BCUT2D eigenvalue weighted by atomic mass is 35.5. The van der Waals surface area contributed by atoms with E-state index in [4.69, 9.17) is 22.7 Å². The predicted octanol–water partition coefficient (Wildman–Crippen LogP) is 0.364. The summed E-state index contributed by atoms with van der Waals surface area (Å²) < 4.78 is 22.4. The summed E-state index contributed by atoms with van der Waals surface area (Å²) in [5.41, 5.74) is 0.211. The van der Waals surface area contributed by atoms with Crippen LogP contribution in [0.1, 0.15) is 5.56 Å². The van der Waals surface area contributed by atoms with E-state index in [2.05, 4.69) is 0 Å². The van der Waals surface area contributed by atoms with Crippen LogP contribution in [0.25, 0.3) is 0 Å². The van der Waals surface area contributed by atoms with Gasteiger partial charge in [-0.15, -0.1) is 0 Å². The largest absolute Gasteiger partial charge is 0.257 e. The average Bonchev–Trinajstić information content (AvgIpc) is 2.17. The number of nitriles is 1. The Bertz CT molecular complexity index is 492. The Balaban J connectivity index is 3.31. The Labute approximate surface area is 86.1 Å². The van der Waals surface area contributed by atoms with E-state index in [1.54, 1.807) is 4.83 Å². The lowest BCUT2D eigenvalue weighted by Gasteiger charge is -2.02. The molecule has 0 amide bonds. The fraction of sp³-hybridized carbons (Fsp3) is 0. The van der Waals surface area contributed by atoms with Gasteiger partial charge in [0.25, 0.3) is 10.0 Å². The number of sulfonamides is 1. The van der Waals surface area contributed by atoms with E-state index in [1.165, 1.54) is 12.1 Å². The minimum absolute atomic E-state index is 0.0730. The molecular formula is C7H6ClN3O2S. The molecule has 74 valence electrons. The fourth-order valence-corrected chi connectivity index (χ4v) is 1.77. The smallest absolute Gasteiger partial charge is 0.253 e. The van der Waals surface area contributed by atoms with Crippen molar-refractivity contribution in [1.29, 1.82) is 5.26 Å². The van der Waals surface area contributed by atoms with Gasteiger partial charge in [0.05, 0.1) is 15.5 Å². The summed E-state index contributed by atoms with van der Waals surface area (Å²) in [6.45, 7) is 0. The molecule has 0 unspecified atom stereocenters. The van der Waals surface area contributed by atoms with Gasteiger partial charge in [0.1, 0.15) is 6.07 Å². The van der Waals surface area contributed by atoms with Crippen LogP contribution in [-0.4, -0.2) is 8.42 Å². The molecule has 3 N–H and O–H groups in total. The van der Waals surface area contributed by atoms with E-state index in [1.807, 2.05) is 6.07 Å². The second-order valence-corrected chi connectivity index (χ2v) is 4.50. The topological polar surface area (TPSA) is 96.0 Å². The van der Waals surface area contributed by atoms with E-state index in [-0.39, 0.29) is 15.5 Å². The molecule has 0 aromatic heterocycles. The maximum atomic E-state index is 11.2. The van der Waals surface area contributed by atoms with Crippen LogP contribution in [0.15, 0.2) is 23.1 Å². The predicted molar refractivity (Wildman–Crippen MR) is 50.7 cm³/mol. The first kappa shape index (κ1) is 10.9. The van der Waals surface area contributed by atoms with E-state index in [9.17, 15) is 8.42 Å². The molecule has 0 saturated carbocycles. The summed E-state index contributed by atoms with van der Waals surface area (Å²) in [6, 6.07) is 5.54. The molecule has 7 heteroatoms. The van der Waals surface area contributed by atoms with Crippen molar-refractivity contribution in [3.63, 3.8) is 0 Å². The number of halogens is 1. The molecule has 0 fully saturated rings. The zero-order chi connectivity index (χ0) is 10.8. The Hall–Kier alpha value is -1.13. The maximum Gasteiger partial charge on any atom is 0.253 e. The molecule has 0 radical (unpaired) electrons. The highest BCUT2D eigenvalue weighted by Gasteiger charge is 2.13. The number of benzene rings is 1. The third-order valence-electron chi connectivity index (χ3n) is 1.53. The minimum atomic E-state index is -3.71. The molecule has 0 saturated heterocycles. The quantitative estimate of drug-likeness (QED) is 0.568. The van der Waals surface area contributed by atoms with Gasteiger partial charge >= 0.3 is 0 Å². The molecule has 14 heavy (non-hydrogen) atoms. The van der Waals surface area contributed by atoms with Gasteiger partial charge in [-0.3, -0.25) is 5.84 Å². The van der Waals surface area contributed by atoms with Gasteiger partial charge in [-0.2, -0.15) is 10.1 Å². The first-order valence-electron chi connectivity index (χ1n) is 3.43. The van der Waals surface area contributed by atoms with Crippen molar-refractivity contribution in [2.24, 2.45) is 5.84 Å². The van der Waals surface area contributed by atoms with Crippen molar-refractivity contribution < 1.29 is 8.42 Å². The fourth-order valence-electron chi connectivity index (χ4n) is 0.822. The Morgan fingerprint density at radius 1 is 1.50 bits per heavy atom. The lowest BCUT2D eigenvalue weighted by molar-refractivity contribution is 0.584. The molecule has 0 aliphatic carbocycles. The zero-order valence-electron chi connectivity index (χ0n) is 6.86. The van der Waals surface area contributed by atoms with Crippen LogP contribution < -0.4 is 10.7 Å². The summed E-state index contributed by atoms with van der Waals surface area (Å²) in [4.78, 5) is 1.57. The second kappa shape index (κ2) is 3.94. The van der Waals surface area contributed by atoms with Gasteiger partial charge in [0.15, 0.2) is 0 Å². The molecule has 5 nitrogen and oxygen atoms in total. The second-order valence-electron chi connectivity index (χ2n) is 2.37. The Kier molecular flexibility index (Phi) is 3.08. The number of nitrogens with two attached hydrogens (primary N) is 1. The van der Waals surface area contributed by atoms with Crippen molar-refractivity contribution in [2.45, 2.75) is 4.90 Å². The summed E-state index contributed by atoms with van der Waals surface area (Å²) in [5, 5.41) is 8.62. The first-order chi connectivity index (χ1) is 6.51. The number of nitrogens with zero attached hydrogens (tertiary/aromatic N) is 1. The number of hydrazine groups is 1. The average molecular weight is 232 g/mol. The van der Waals surface area contributed by atoms with Crippen molar-refractivity contribution in [1.82, 2.24) is 4.83 Å². The summed E-state index contributed by atoms with van der Waals surface area (Å²) in [5.74, 6) is 4.81. The van der Waals surface area contributed by atoms with Crippen LogP contribution in [0.3, 0.4) is 0 Å². The number of hydrogen-bond donors (Lipinski definition) is 2. The van der Waals surface area contributed by atoms with Crippen molar-refractivity contribution in [3.05, 3.63) is 28.8 Å². The summed E-state index contributed by atoms with van der Waals surface area (Å²) in [7, 11) is -3.71. The monoisotopic (exact) mass is 231 g/mol. The van der Waals surface area contributed by atoms with Crippen LogP contribution >= 0.6 is 11.6 Å². The van der Waals surface area contributed by atoms with Crippen LogP contribution in [0.2, 0.25) is 5.02 Å². The minimum Gasteiger partial charge on any atom is -0.257 e. The standard InChI is InChI=1S/C7H6ClN3O2S/c8-7-3-6(14(12,13)11-10)2-1-5(7)4-9/h1-3,11H,10H2. The van der Waals surface area contributed by atoms with E-state index in [0.717, 1.165) is 6.07 Å². The molecule has 1 aromatic rings. The Morgan fingerprint density at radius 3 is 2.57 bits per heavy atom. The number of rotatable bonds is 2. The van der Waals surface area contributed by atoms with Gasteiger partial charge < -0.3 is 0 Å². The third kappa shape index (κ3) is 2.02. The van der Waals surface area contributed by atoms with Crippen LogP contribution in [0.5, 0.6) is 0 Å². The SMILES string of the molecule is N#Cc1ccc(S(=O)(=O)NN)cc1Cl. The van der Waals surface area contributed by atoms with Gasteiger partial charge in [0, 0.05) is 0 Å². The van der Waals surface area contributed by atoms with Crippen molar-refractivity contribution >= 4 is 21.6 Å². The van der Waals surface area contributed by atoms with Gasteiger partial charge in [-0.25, -0.2) is 8.42 Å². The number of hydrogen-bond acceptors (Lipinski definition) is 4. The van der Waals surface area contributed by atoms with Crippen LogP contribution in [0.4, 0.5) is 0 Å². The van der Waals surface area contributed by atoms with E-state index in [0.29, 0.717) is 0 Å². The molecule has 0 aliphatic heterocycles. The lowest BCUT2D eigenvalue weighted by Crippen LogP contribution is -2.30. The van der Waals surface area contributed by atoms with Crippen molar-refractivity contribution in [3.8, 4) is 6.07 Å². The highest BCUT2D eigenvalue weighted by Crippen LogP contribution is 2.19.